The molecule has 0 aliphatic heterocycles. The second kappa shape index (κ2) is 9.69. The predicted molar refractivity (Wildman–Crippen MR) is 118 cm³/mol. The average molecular weight is 386 g/mol. The van der Waals surface area contributed by atoms with Crippen molar-refractivity contribution >= 4 is 23.2 Å². The lowest BCUT2D eigenvalue weighted by Crippen LogP contribution is -2.13. The molecular formula is C25H26N2O2. The number of hydrogen-bond donors (Lipinski definition) is 2. The van der Waals surface area contributed by atoms with Gasteiger partial charge in [-0.1, -0.05) is 56.3 Å². The van der Waals surface area contributed by atoms with Crippen LogP contribution in [0.5, 0.6) is 0 Å². The maximum Gasteiger partial charge on any atom is 0.255 e. The van der Waals surface area contributed by atoms with Gasteiger partial charge in [-0.3, -0.25) is 9.59 Å². The topological polar surface area (TPSA) is 58.2 Å². The molecule has 3 rings (SSSR count). The molecule has 0 aliphatic carbocycles. The number of carbonyl (C=O) groups excluding carboxylic acids is 2. The van der Waals surface area contributed by atoms with Crippen molar-refractivity contribution in [3.63, 3.8) is 0 Å². The maximum absolute atomic E-state index is 12.4. The second-order valence-corrected chi connectivity index (χ2v) is 7.34. The van der Waals surface area contributed by atoms with Gasteiger partial charge in [0, 0.05) is 23.4 Å². The minimum absolute atomic E-state index is 0.0316. The van der Waals surface area contributed by atoms with Crippen LogP contribution < -0.4 is 10.6 Å². The van der Waals surface area contributed by atoms with Crippen molar-refractivity contribution in [3.8, 4) is 0 Å². The highest BCUT2D eigenvalue weighted by Gasteiger charge is 2.08. The maximum atomic E-state index is 12.4. The molecule has 0 radical (unpaired) electrons. The first-order valence-corrected chi connectivity index (χ1v) is 9.86. The smallest absolute Gasteiger partial charge is 0.255 e. The van der Waals surface area contributed by atoms with Crippen LogP contribution in [0.1, 0.15) is 47.7 Å². The zero-order valence-electron chi connectivity index (χ0n) is 16.8. The Labute approximate surface area is 172 Å². The summed E-state index contributed by atoms with van der Waals surface area (Å²) in [5.41, 5.74) is 4.36. The molecule has 3 aromatic carbocycles. The highest BCUT2D eigenvalue weighted by atomic mass is 16.2. The van der Waals surface area contributed by atoms with Crippen molar-refractivity contribution in [2.45, 2.75) is 32.6 Å². The average Bonchev–Trinajstić information content (AvgIpc) is 2.74. The third kappa shape index (κ3) is 6.04. The summed E-state index contributed by atoms with van der Waals surface area (Å²) < 4.78 is 0. The molecule has 4 nitrogen and oxygen atoms in total. The summed E-state index contributed by atoms with van der Waals surface area (Å²) in [6.07, 6.45) is 1.13. The highest BCUT2D eigenvalue weighted by molar-refractivity contribution is 6.04. The van der Waals surface area contributed by atoms with E-state index in [1.54, 1.807) is 24.3 Å². The zero-order chi connectivity index (χ0) is 20.6. The molecule has 0 spiro atoms. The predicted octanol–water partition coefficient (Wildman–Crippen LogP) is 5.63. The van der Waals surface area contributed by atoms with Crippen molar-refractivity contribution in [1.82, 2.24) is 0 Å². The Morgan fingerprint density at radius 3 is 1.93 bits per heavy atom. The van der Waals surface area contributed by atoms with Crippen LogP contribution >= 0.6 is 0 Å². The van der Waals surface area contributed by atoms with E-state index in [4.69, 9.17) is 0 Å². The Bertz CT molecular complexity index is 946. The van der Waals surface area contributed by atoms with E-state index in [0.29, 0.717) is 35.7 Å². The number of aryl methyl sites for hydroxylation is 1. The number of benzene rings is 3. The summed E-state index contributed by atoms with van der Waals surface area (Å²) in [5, 5.41) is 5.77. The number of amides is 2. The summed E-state index contributed by atoms with van der Waals surface area (Å²) in [6.45, 7) is 4.24. The molecule has 3 aromatic rings. The number of hydrogen-bond acceptors (Lipinski definition) is 2. The lowest BCUT2D eigenvalue weighted by Gasteiger charge is -2.09. The molecule has 148 valence electrons. The fourth-order valence-electron chi connectivity index (χ4n) is 2.99. The minimum Gasteiger partial charge on any atom is -0.326 e. The Morgan fingerprint density at radius 1 is 0.759 bits per heavy atom. The molecule has 0 unspecified atom stereocenters. The van der Waals surface area contributed by atoms with Gasteiger partial charge in [0.05, 0.1) is 0 Å². The van der Waals surface area contributed by atoms with E-state index in [1.807, 2.05) is 54.6 Å². The number of carbonyl (C=O) groups is 2. The Hall–Kier alpha value is -3.40. The van der Waals surface area contributed by atoms with E-state index >= 15 is 0 Å². The second-order valence-electron chi connectivity index (χ2n) is 7.34. The van der Waals surface area contributed by atoms with Gasteiger partial charge >= 0.3 is 0 Å². The van der Waals surface area contributed by atoms with Crippen molar-refractivity contribution in [2.24, 2.45) is 0 Å². The Kier molecular flexibility index (Phi) is 6.80. The standard InChI is InChI=1S/C25H26N2O2/c1-18(2)20-9-11-21(12-10-20)25(29)27-23-15-13-22(14-16-23)26-24(28)17-8-19-6-4-3-5-7-19/h3-7,9-16,18H,8,17H2,1-2H3,(H,26,28)(H,27,29). The Morgan fingerprint density at radius 2 is 1.34 bits per heavy atom. The van der Waals surface area contributed by atoms with E-state index in [1.165, 1.54) is 5.56 Å². The molecule has 2 N–H and O–H groups in total. The summed E-state index contributed by atoms with van der Waals surface area (Å²) in [4.78, 5) is 24.5. The van der Waals surface area contributed by atoms with Crippen LogP contribution in [0.4, 0.5) is 11.4 Å². The minimum atomic E-state index is -0.153. The van der Waals surface area contributed by atoms with E-state index in [0.717, 1.165) is 5.56 Å². The van der Waals surface area contributed by atoms with Gasteiger partial charge in [0.15, 0.2) is 0 Å². The molecule has 4 heteroatoms. The normalized spacial score (nSPS) is 10.6. The summed E-state index contributed by atoms with van der Waals surface area (Å²) in [5.74, 6) is 0.249. The van der Waals surface area contributed by atoms with Crippen LogP contribution in [-0.2, 0) is 11.2 Å². The quantitative estimate of drug-likeness (QED) is 0.552. The lowest BCUT2D eigenvalue weighted by atomic mass is 10.0. The lowest BCUT2D eigenvalue weighted by molar-refractivity contribution is -0.116. The fourth-order valence-corrected chi connectivity index (χ4v) is 2.99. The molecule has 0 fully saturated rings. The van der Waals surface area contributed by atoms with Crippen LogP contribution in [0.25, 0.3) is 0 Å². The van der Waals surface area contributed by atoms with Gasteiger partial charge < -0.3 is 10.6 Å². The first-order chi connectivity index (χ1) is 14.0. The monoisotopic (exact) mass is 386 g/mol. The van der Waals surface area contributed by atoms with E-state index in [2.05, 4.69) is 24.5 Å². The van der Waals surface area contributed by atoms with Gasteiger partial charge in [-0.25, -0.2) is 0 Å². The van der Waals surface area contributed by atoms with Crippen molar-refractivity contribution in [2.75, 3.05) is 10.6 Å². The van der Waals surface area contributed by atoms with Gasteiger partial charge in [0.1, 0.15) is 0 Å². The largest absolute Gasteiger partial charge is 0.326 e. The fraction of sp³-hybridized carbons (Fsp3) is 0.200. The first-order valence-electron chi connectivity index (χ1n) is 9.86. The van der Waals surface area contributed by atoms with Crippen LogP contribution in [0.3, 0.4) is 0 Å². The molecule has 0 saturated carbocycles. The number of anilines is 2. The Balaban J connectivity index is 1.51. The number of rotatable bonds is 7. The van der Waals surface area contributed by atoms with Gasteiger partial charge in [-0.15, -0.1) is 0 Å². The molecule has 0 saturated heterocycles. The third-order valence-electron chi connectivity index (χ3n) is 4.75. The third-order valence-corrected chi connectivity index (χ3v) is 4.75. The van der Waals surface area contributed by atoms with E-state index in [9.17, 15) is 9.59 Å². The van der Waals surface area contributed by atoms with Crippen LogP contribution in [-0.4, -0.2) is 11.8 Å². The molecular weight excluding hydrogens is 360 g/mol. The SMILES string of the molecule is CC(C)c1ccc(C(=O)Nc2ccc(NC(=O)CCc3ccccc3)cc2)cc1. The molecule has 0 bridgehead atoms. The van der Waals surface area contributed by atoms with Crippen LogP contribution in [0, 0.1) is 0 Å². The van der Waals surface area contributed by atoms with E-state index in [-0.39, 0.29) is 11.8 Å². The molecule has 2 amide bonds. The zero-order valence-corrected chi connectivity index (χ0v) is 16.8. The summed E-state index contributed by atoms with van der Waals surface area (Å²) in [6, 6.07) is 24.7. The molecule has 0 aliphatic rings. The van der Waals surface area contributed by atoms with Crippen molar-refractivity contribution < 1.29 is 9.59 Å². The molecule has 0 heterocycles. The van der Waals surface area contributed by atoms with Gasteiger partial charge in [-0.2, -0.15) is 0 Å². The van der Waals surface area contributed by atoms with Gasteiger partial charge in [0.25, 0.3) is 5.91 Å². The van der Waals surface area contributed by atoms with Gasteiger partial charge in [0.2, 0.25) is 5.91 Å². The summed E-state index contributed by atoms with van der Waals surface area (Å²) in [7, 11) is 0. The molecule has 0 atom stereocenters. The molecule has 0 aromatic heterocycles. The van der Waals surface area contributed by atoms with Crippen LogP contribution in [0.2, 0.25) is 0 Å². The summed E-state index contributed by atoms with van der Waals surface area (Å²) >= 11 is 0. The van der Waals surface area contributed by atoms with Gasteiger partial charge in [-0.05, 0) is 59.9 Å². The first kappa shape index (κ1) is 20.3. The van der Waals surface area contributed by atoms with Crippen molar-refractivity contribution in [1.29, 1.82) is 0 Å². The van der Waals surface area contributed by atoms with E-state index < -0.39 is 0 Å². The van der Waals surface area contributed by atoms with Crippen molar-refractivity contribution in [3.05, 3.63) is 95.6 Å². The number of nitrogens with one attached hydrogen (secondary N) is 2. The molecule has 29 heavy (non-hydrogen) atoms. The highest BCUT2D eigenvalue weighted by Crippen LogP contribution is 2.17. The van der Waals surface area contributed by atoms with Crippen LogP contribution in [0.15, 0.2) is 78.9 Å².